The van der Waals surface area contributed by atoms with Gasteiger partial charge in [0.2, 0.25) is 0 Å². The van der Waals surface area contributed by atoms with Crippen LogP contribution >= 0.6 is 11.6 Å². The Morgan fingerprint density at radius 1 is 1.30 bits per heavy atom. The molecule has 0 aliphatic carbocycles. The van der Waals surface area contributed by atoms with E-state index in [1.54, 1.807) is 29.2 Å². The maximum absolute atomic E-state index is 12.1. The highest BCUT2D eigenvalue weighted by molar-refractivity contribution is 7.88. The third kappa shape index (κ3) is 3.52. The number of halogens is 1. The predicted molar refractivity (Wildman–Crippen MR) is 77.7 cm³/mol. The third-order valence-corrected chi connectivity index (χ3v) is 4.55. The monoisotopic (exact) mass is 317 g/mol. The maximum Gasteiger partial charge on any atom is 0.197 e. The first-order chi connectivity index (χ1) is 9.63. The summed E-state index contributed by atoms with van der Waals surface area (Å²) >= 11 is 5.84. The van der Waals surface area contributed by atoms with Crippen molar-refractivity contribution in [2.45, 2.75) is 5.37 Å². The Labute approximate surface area is 124 Å². The molecule has 110 valence electrons. The van der Waals surface area contributed by atoms with Gasteiger partial charge in [0, 0.05) is 11.6 Å². The molecule has 20 heavy (non-hydrogen) atoms. The minimum absolute atomic E-state index is 0.0177. The van der Waals surface area contributed by atoms with Gasteiger partial charge in [-0.3, -0.25) is 4.21 Å². The van der Waals surface area contributed by atoms with Gasteiger partial charge in [-0.2, -0.15) is 0 Å². The number of hydrogen-bond acceptors (Lipinski definition) is 5. The van der Waals surface area contributed by atoms with Crippen LogP contribution < -0.4 is 0 Å². The average molecular weight is 318 g/mol. The lowest BCUT2D eigenvalue weighted by molar-refractivity contribution is 0.0680. The van der Waals surface area contributed by atoms with Crippen molar-refractivity contribution < 1.29 is 19.2 Å². The Balaban J connectivity index is 2.09. The number of benzene rings is 1. The second-order valence-electron chi connectivity index (χ2n) is 4.24. The Hall–Kier alpha value is -1.08. The zero-order chi connectivity index (χ0) is 14.5. The van der Waals surface area contributed by atoms with Crippen molar-refractivity contribution in [2.75, 3.05) is 26.4 Å². The molecule has 0 spiro atoms. The van der Waals surface area contributed by atoms with Crippen LogP contribution in [0.3, 0.4) is 0 Å². The van der Waals surface area contributed by atoms with Crippen LogP contribution in [0.5, 0.6) is 0 Å². The van der Waals surface area contributed by atoms with Gasteiger partial charge >= 0.3 is 0 Å². The molecule has 0 fully saturated rings. The van der Waals surface area contributed by atoms with Crippen molar-refractivity contribution in [3.63, 3.8) is 0 Å². The van der Waals surface area contributed by atoms with Crippen molar-refractivity contribution in [1.82, 2.24) is 4.90 Å². The predicted octanol–water partition coefficient (Wildman–Crippen LogP) is 1.77. The van der Waals surface area contributed by atoms with E-state index in [4.69, 9.17) is 21.4 Å². The van der Waals surface area contributed by atoms with E-state index in [1.807, 2.05) is 0 Å². The summed E-state index contributed by atoms with van der Waals surface area (Å²) in [6.45, 7) is 0.919. The van der Waals surface area contributed by atoms with E-state index < -0.39 is 16.2 Å². The van der Waals surface area contributed by atoms with Crippen LogP contribution in [0.4, 0.5) is 0 Å². The van der Waals surface area contributed by atoms with Crippen molar-refractivity contribution in [3.8, 4) is 0 Å². The first kappa shape index (κ1) is 15.3. The quantitative estimate of drug-likeness (QED) is 0.783. The lowest BCUT2D eigenvalue weighted by Gasteiger charge is -2.26. The molecule has 2 N–H and O–H groups in total. The van der Waals surface area contributed by atoms with E-state index in [1.165, 1.54) is 5.41 Å². The topological polar surface area (TPSA) is 70.0 Å². The molecule has 2 unspecified atom stereocenters. The Morgan fingerprint density at radius 2 is 2.00 bits per heavy atom. The summed E-state index contributed by atoms with van der Waals surface area (Å²) in [5.41, 5.74) is 0.815. The third-order valence-electron chi connectivity index (χ3n) is 2.89. The smallest absolute Gasteiger partial charge is 0.197 e. The lowest BCUT2D eigenvalue weighted by Crippen LogP contribution is -2.29. The van der Waals surface area contributed by atoms with Crippen LogP contribution in [0.15, 0.2) is 35.6 Å². The first-order valence-corrected chi connectivity index (χ1v) is 7.80. The molecule has 0 aromatic heterocycles. The molecule has 5 nitrogen and oxygen atoms in total. The molecule has 7 heteroatoms. The summed E-state index contributed by atoms with van der Waals surface area (Å²) in [5.74, 6) is -0.0177. The van der Waals surface area contributed by atoms with Crippen LogP contribution in [0, 0.1) is 0 Å². The number of ether oxygens (including phenoxy) is 1. The molecule has 1 aliphatic rings. The van der Waals surface area contributed by atoms with Gasteiger partial charge in [-0.05, 0) is 17.7 Å². The summed E-state index contributed by atoms with van der Waals surface area (Å²) in [6, 6.07) is 7.03. The first-order valence-electron chi connectivity index (χ1n) is 6.14. The largest absolute Gasteiger partial charge is 0.494 e. The molecule has 0 saturated heterocycles. The van der Waals surface area contributed by atoms with Gasteiger partial charge in [0.15, 0.2) is 5.88 Å². The standard InChI is InChI=1S/C13H16ClNO4S/c14-11-3-1-10(2-4-11)13-15(5-7-19-8-6-16)12(17)9-20(13)18/h1-4,9,13,16-17H,5-8H2. The van der Waals surface area contributed by atoms with Crippen molar-refractivity contribution in [2.24, 2.45) is 0 Å². The molecule has 0 amide bonds. The van der Waals surface area contributed by atoms with Gasteiger partial charge in [-0.15, -0.1) is 0 Å². The summed E-state index contributed by atoms with van der Waals surface area (Å²) in [4.78, 5) is 1.62. The van der Waals surface area contributed by atoms with Gasteiger partial charge in [-0.1, -0.05) is 23.7 Å². The van der Waals surface area contributed by atoms with E-state index >= 15 is 0 Å². The fraction of sp³-hybridized carbons (Fsp3) is 0.385. The van der Waals surface area contributed by atoms with Crippen LogP contribution in [0.1, 0.15) is 10.9 Å². The molecule has 0 saturated carbocycles. The van der Waals surface area contributed by atoms with Crippen molar-refractivity contribution in [3.05, 3.63) is 46.1 Å². The minimum Gasteiger partial charge on any atom is -0.494 e. The zero-order valence-corrected chi connectivity index (χ0v) is 12.3. The second-order valence-corrected chi connectivity index (χ2v) is 6.01. The van der Waals surface area contributed by atoms with Gasteiger partial charge in [0.05, 0.1) is 36.0 Å². The fourth-order valence-corrected chi connectivity index (χ4v) is 3.47. The molecular formula is C13H16ClNO4S. The minimum atomic E-state index is -1.32. The van der Waals surface area contributed by atoms with Gasteiger partial charge in [0.25, 0.3) is 0 Å². The van der Waals surface area contributed by atoms with E-state index in [9.17, 15) is 9.32 Å². The summed E-state index contributed by atoms with van der Waals surface area (Å²) in [6.07, 6.45) is 0. The highest BCUT2D eigenvalue weighted by Gasteiger charge is 2.33. The Morgan fingerprint density at radius 3 is 2.65 bits per heavy atom. The molecule has 0 bridgehead atoms. The van der Waals surface area contributed by atoms with Crippen LogP contribution in [0.25, 0.3) is 0 Å². The summed E-state index contributed by atoms with van der Waals surface area (Å²) < 4.78 is 17.3. The molecular weight excluding hydrogens is 302 g/mol. The highest BCUT2D eigenvalue weighted by Crippen LogP contribution is 2.34. The molecule has 2 rings (SSSR count). The molecule has 1 heterocycles. The average Bonchev–Trinajstić information content (AvgIpc) is 2.70. The van der Waals surface area contributed by atoms with Crippen LogP contribution in [-0.2, 0) is 15.5 Å². The second kappa shape index (κ2) is 7.08. The summed E-state index contributed by atoms with van der Waals surface area (Å²) in [5, 5.41) is 20.0. The SMILES string of the molecule is O=S1C=C(O)N(CCOCCO)C1c1ccc(Cl)cc1. The van der Waals surface area contributed by atoms with Gasteiger partial charge < -0.3 is 19.8 Å². The molecule has 2 atom stereocenters. The normalized spacial score (nSPS) is 22.1. The molecule has 1 aromatic carbocycles. The van der Waals surface area contributed by atoms with E-state index in [0.29, 0.717) is 18.2 Å². The molecule has 1 aromatic rings. The number of aliphatic hydroxyl groups excluding tert-OH is 2. The van der Waals surface area contributed by atoms with E-state index in [0.717, 1.165) is 5.56 Å². The number of nitrogens with zero attached hydrogens (tertiary/aromatic N) is 1. The van der Waals surface area contributed by atoms with Crippen LogP contribution in [-0.4, -0.2) is 45.7 Å². The Bertz CT molecular complexity index is 506. The van der Waals surface area contributed by atoms with Crippen molar-refractivity contribution >= 4 is 22.4 Å². The Kier molecular flexibility index (Phi) is 5.42. The zero-order valence-electron chi connectivity index (χ0n) is 10.7. The van der Waals surface area contributed by atoms with Crippen molar-refractivity contribution in [1.29, 1.82) is 0 Å². The van der Waals surface area contributed by atoms with E-state index in [-0.39, 0.29) is 19.1 Å². The number of aliphatic hydroxyl groups is 2. The van der Waals surface area contributed by atoms with Gasteiger partial charge in [0.1, 0.15) is 5.37 Å². The highest BCUT2D eigenvalue weighted by atomic mass is 35.5. The fourth-order valence-electron chi connectivity index (χ4n) is 1.98. The maximum atomic E-state index is 12.1. The molecule has 0 radical (unpaired) electrons. The number of hydrogen-bond donors (Lipinski definition) is 2. The van der Waals surface area contributed by atoms with Crippen LogP contribution in [0.2, 0.25) is 5.02 Å². The molecule has 1 aliphatic heterocycles. The number of rotatable bonds is 6. The summed E-state index contributed by atoms with van der Waals surface area (Å²) in [7, 11) is -1.32. The van der Waals surface area contributed by atoms with E-state index in [2.05, 4.69) is 0 Å². The van der Waals surface area contributed by atoms with Gasteiger partial charge in [-0.25, -0.2) is 0 Å². The lowest BCUT2D eigenvalue weighted by atomic mass is 10.2.